The minimum Gasteiger partial charge on any atom is -0.469 e. The predicted octanol–water partition coefficient (Wildman–Crippen LogP) is 8.38. The Morgan fingerprint density at radius 3 is 2.64 bits per heavy atom. The average Bonchev–Trinajstić information content (AvgIpc) is 3.75. The Kier molecular flexibility index (Phi) is 9.65. The summed E-state index contributed by atoms with van der Waals surface area (Å²) in [7, 11) is -2.19. The average molecular weight is 704 g/mol. The van der Waals surface area contributed by atoms with Crippen LogP contribution < -0.4 is 4.74 Å². The summed E-state index contributed by atoms with van der Waals surface area (Å²) in [6, 6.07) is 17.0. The van der Waals surface area contributed by atoms with Gasteiger partial charge in [-0.05, 0) is 79.5 Å². The van der Waals surface area contributed by atoms with Gasteiger partial charge in [0.05, 0.1) is 35.8 Å². The number of sulfone groups is 1. The van der Waals surface area contributed by atoms with E-state index in [0.717, 1.165) is 11.1 Å². The van der Waals surface area contributed by atoms with Gasteiger partial charge in [-0.2, -0.15) is 5.10 Å². The first-order chi connectivity index (χ1) is 23.7. The van der Waals surface area contributed by atoms with Crippen molar-refractivity contribution in [1.82, 2.24) is 14.8 Å². The van der Waals surface area contributed by atoms with Gasteiger partial charge in [0.15, 0.2) is 21.4 Å². The summed E-state index contributed by atoms with van der Waals surface area (Å²) in [6.07, 6.45) is 5.91. The van der Waals surface area contributed by atoms with Crippen molar-refractivity contribution in [3.63, 3.8) is 0 Å². The molecular weight excluding hydrogens is 661 g/mol. The standard InChI is InChI=1S/C39H43F2N3O5S/c1-25(37(45)48-5)20-26-8-6-9-27(21-26)39(4)16-7-15-38(2,3)24-50(46,47)19-14-30-29-12-17-42-35(29)23-33(41)36(30)49-28-10-11-32(40)31(22-28)34-13-18-44(39)43-34/h6,8-13,17-18,21-23,25,42H,7,14-16,19-20,24H2,1-5H3/t25-,39?/m1/s1. The summed E-state index contributed by atoms with van der Waals surface area (Å²) < 4.78 is 71.3. The first-order valence-corrected chi connectivity index (χ1v) is 18.7. The van der Waals surface area contributed by atoms with Crippen molar-refractivity contribution < 1.29 is 31.5 Å². The number of nitrogens with zero attached hydrogens (tertiary/aromatic N) is 2. The molecule has 264 valence electrons. The number of benzene rings is 3. The first-order valence-electron chi connectivity index (χ1n) is 16.9. The molecule has 1 N–H and O–H groups in total. The predicted molar refractivity (Wildman–Crippen MR) is 190 cm³/mol. The fraction of sp³-hybridized carbons (Fsp3) is 0.385. The van der Waals surface area contributed by atoms with Crippen LogP contribution in [0.15, 0.2) is 73.1 Å². The molecule has 3 heterocycles. The number of halogens is 2. The van der Waals surface area contributed by atoms with Gasteiger partial charge in [0, 0.05) is 40.5 Å². The SMILES string of the molecule is COC(=O)[C@H](C)Cc1cccc(C2(C)CCCC(C)(C)CS(=O)(=O)CCc3c(c(F)cc4[nH]ccc34)Oc3ccc(F)c(c3)-c3ccn2n3)c1. The number of carbonyl (C=O) groups excluding carboxylic acids is 1. The lowest BCUT2D eigenvalue weighted by atomic mass is 9.82. The van der Waals surface area contributed by atoms with Crippen molar-refractivity contribution in [1.29, 1.82) is 0 Å². The van der Waals surface area contributed by atoms with Gasteiger partial charge < -0.3 is 14.5 Å². The third kappa shape index (κ3) is 7.33. The zero-order chi connectivity index (χ0) is 35.8. The maximum atomic E-state index is 15.6. The van der Waals surface area contributed by atoms with Crippen LogP contribution in [0.3, 0.4) is 0 Å². The number of carbonyl (C=O) groups is 1. The Hall–Kier alpha value is -4.51. The van der Waals surface area contributed by atoms with E-state index in [4.69, 9.17) is 14.6 Å². The van der Waals surface area contributed by atoms with Crippen LogP contribution in [-0.2, 0) is 37.7 Å². The molecule has 0 saturated carbocycles. The van der Waals surface area contributed by atoms with Crippen molar-refractivity contribution in [2.75, 3.05) is 18.6 Å². The molecule has 0 spiro atoms. The second kappa shape index (κ2) is 13.7. The number of nitrogens with one attached hydrogen (secondary N) is 1. The number of aromatic amines is 1. The largest absolute Gasteiger partial charge is 0.469 e. The van der Waals surface area contributed by atoms with E-state index in [2.05, 4.69) is 18.0 Å². The van der Waals surface area contributed by atoms with E-state index in [9.17, 15) is 13.2 Å². The molecule has 2 atom stereocenters. The second-order valence-corrected chi connectivity index (χ2v) is 16.6. The molecule has 0 aliphatic carbocycles. The minimum absolute atomic E-state index is 0.0351. The van der Waals surface area contributed by atoms with Crippen LogP contribution in [0.2, 0.25) is 0 Å². The molecule has 3 aromatic carbocycles. The molecule has 1 unspecified atom stereocenters. The molecule has 2 aromatic heterocycles. The Balaban J connectivity index is 1.46. The third-order valence-corrected chi connectivity index (χ3v) is 11.9. The molecule has 1 aliphatic rings. The molecule has 6 rings (SSSR count). The zero-order valence-electron chi connectivity index (χ0n) is 29.1. The molecule has 8 nitrogen and oxygen atoms in total. The van der Waals surface area contributed by atoms with Crippen molar-refractivity contribution in [3.8, 4) is 22.8 Å². The van der Waals surface area contributed by atoms with Gasteiger partial charge in [0.1, 0.15) is 11.6 Å². The first kappa shape index (κ1) is 35.3. The summed E-state index contributed by atoms with van der Waals surface area (Å²) in [5.41, 5.74) is 2.16. The van der Waals surface area contributed by atoms with Gasteiger partial charge in [0.25, 0.3) is 0 Å². The van der Waals surface area contributed by atoms with Crippen LogP contribution in [0.25, 0.3) is 22.2 Å². The van der Waals surface area contributed by atoms with Crippen molar-refractivity contribution in [2.24, 2.45) is 11.3 Å². The molecule has 5 aromatic rings. The number of esters is 1. The number of hydrogen-bond donors (Lipinski definition) is 1. The second-order valence-electron chi connectivity index (χ2n) is 14.5. The van der Waals surface area contributed by atoms with Gasteiger partial charge in [-0.3, -0.25) is 9.48 Å². The smallest absolute Gasteiger partial charge is 0.308 e. The van der Waals surface area contributed by atoms with Gasteiger partial charge >= 0.3 is 5.97 Å². The number of fused-ring (bicyclic) bond motifs is 8. The molecule has 50 heavy (non-hydrogen) atoms. The lowest BCUT2D eigenvalue weighted by Crippen LogP contribution is -2.33. The Morgan fingerprint density at radius 2 is 1.86 bits per heavy atom. The number of aryl methyl sites for hydroxylation is 1. The Labute approximate surface area is 291 Å². The van der Waals surface area contributed by atoms with E-state index >= 15 is 8.78 Å². The molecule has 1 aliphatic heterocycles. The number of H-pyrrole nitrogens is 1. The monoisotopic (exact) mass is 703 g/mol. The van der Waals surface area contributed by atoms with Crippen LogP contribution in [0, 0.1) is 23.0 Å². The normalized spacial score (nSPS) is 19.8. The van der Waals surface area contributed by atoms with E-state index < -0.39 is 32.4 Å². The fourth-order valence-electron chi connectivity index (χ4n) is 7.18. The Bertz CT molecular complexity index is 2160. The maximum absolute atomic E-state index is 15.6. The lowest BCUT2D eigenvalue weighted by Gasteiger charge is -2.33. The minimum atomic E-state index is -3.57. The van der Waals surface area contributed by atoms with Crippen LogP contribution in [0.1, 0.15) is 63.6 Å². The highest BCUT2D eigenvalue weighted by atomic mass is 32.2. The zero-order valence-corrected chi connectivity index (χ0v) is 29.9. The molecule has 0 amide bonds. The van der Waals surface area contributed by atoms with E-state index in [1.54, 1.807) is 18.3 Å². The summed E-state index contributed by atoms with van der Waals surface area (Å²) in [4.78, 5) is 15.2. The van der Waals surface area contributed by atoms with Gasteiger partial charge in [-0.1, -0.05) is 51.5 Å². The van der Waals surface area contributed by atoms with Crippen LogP contribution in [-0.4, -0.2) is 47.8 Å². The van der Waals surface area contributed by atoms with Crippen molar-refractivity contribution in [2.45, 2.75) is 65.3 Å². The topological polar surface area (TPSA) is 103 Å². The molecule has 0 saturated heterocycles. The lowest BCUT2D eigenvalue weighted by molar-refractivity contribution is -0.144. The number of rotatable bonds is 4. The highest BCUT2D eigenvalue weighted by Gasteiger charge is 2.33. The van der Waals surface area contributed by atoms with Crippen LogP contribution in [0.5, 0.6) is 11.5 Å². The van der Waals surface area contributed by atoms with Crippen molar-refractivity contribution in [3.05, 3.63) is 101 Å². The third-order valence-electron chi connectivity index (χ3n) is 9.88. The van der Waals surface area contributed by atoms with E-state index in [1.165, 1.54) is 31.4 Å². The molecule has 11 heteroatoms. The molecule has 4 bridgehead atoms. The molecule has 0 fully saturated rings. The molecule has 0 radical (unpaired) electrons. The number of methoxy groups -OCH3 is 1. The van der Waals surface area contributed by atoms with E-state index in [1.807, 2.05) is 49.8 Å². The summed E-state index contributed by atoms with van der Waals surface area (Å²) in [6.45, 7) is 7.80. The highest BCUT2D eigenvalue weighted by Crippen LogP contribution is 2.39. The quantitative estimate of drug-likeness (QED) is 0.189. The molecular formula is C39H43F2N3O5S. The fourth-order valence-corrected chi connectivity index (χ4v) is 9.17. The van der Waals surface area contributed by atoms with Gasteiger partial charge in [0.2, 0.25) is 0 Å². The number of hydrogen-bond acceptors (Lipinski definition) is 6. The maximum Gasteiger partial charge on any atom is 0.308 e. The van der Waals surface area contributed by atoms with Gasteiger partial charge in [-0.25, -0.2) is 17.2 Å². The van der Waals surface area contributed by atoms with E-state index in [0.29, 0.717) is 47.8 Å². The summed E-state index contributed by atoms with van der Waals surface area (Å²) in [5, 5.41) is 5.56. The van der Waals surface area contributed by atoms with Crippen molar-refractivity contribution >= 4 is 26.7 Å². The van der Waals surface area contributed by atoms with Gasteiger partial charge in [-0.15, -0.1) is 0 Å². The number of aromatic nitrogens is 3. The van der Waals surface area contributed by atoms with Crippen LogP contribution >= 0.6 is 0 Å². The highest BCUT2D eigenvalue weighted by molar-refractivity contribution is 7.91. The number of ether oxygens (including phenoxy) is 2. The van der Waals surface area contributed by atoms with Crippen LogP contribution in [0.4, 0.5) is 8.78 Å². The summed E-state index contributed by atoms with van der Waals surface area (Å²) >= 11 is 0. The summed E-state index contributed by atoms with van der Waals surface area (Å²) in [5.74, 6) is -1.93. The van der Waals surface area contributed by atoms with E-state index in [-0.39, 0.29) is 46.9 Å². The Morgan fingerprint density at radius 1 is 1.06 bits per heavy atom.